The van der Waals surface area contributed by atoms with Crippen LogP contribution in [-0.2, 0) is 6.18 Å². The third kappa shape index (κ3) is 7.33. The summed E-state index contributed by atoms with van der Waals surface area (Å²) in [5, 5.41) is 15.0. The topological polar surface area (TPSA) is 141 Å². The molecular weight excluding hydrogens is 489 g/mol. The van der Waals surface area contributed by atoms with Crippen LogP contribution in [0.2, 0.25) is 0 Å². The van der Waals surface area contributed by atoms with Gasteiger partial charge in [0.05, 0.1) is 30.9 Å². The molecule has 2 unspecified atom stereocenters. The summed E-state index contributed by atoms with van der Waals surface area (Å²) in [6.45, 7) is 0.717. The highest BCUT2D eigenvalue weighted by atomic mass is 19.4. The van der Waals surface area contributed by atoms with Crippen molar-refractivity contribution in [1.82, 2.24) is 14.9 Å². The molecule has 1 fully saturated rings. The number of piperidine rings is 1. The van der Waals surface area contributed by atoms with E-state index < -0.39 is 48.5 Å². The summed E-state index contributed by atoms with van der Waals surface area (Å²) >= 11 is 0. The molecule has 3 heterocycles. The number of rotatable bonds is 6. The molecule has 1 amide bonds. The first-order chi connectivity index (χ1) is 16.8. The standard InChI is InChI=1S/C20H22F5N5O2.C2H4N2/c1-11-7-19(21,22)10-30(18(31)17-13(26)4-6-16(29-17)32-2)14(11)9-28-15-5-3-12(8-27-15)20(23,24)25;3-1-2-4/h3-6,8,11,14H,7,9-10,26H2,1-2H3,(H,27,28);1-4H. The van der Waals surface area contributed by atoms with Crippen LogP contribution in [-0.4, -0.2) is 65.4 Å². The number of halogens is 5. The van der Waals surface area contributed by atoms with E-state index in [1.54, 1.807) is 6.92 Å². The minimum Gasteiger partial charge on any atom is -0.481 e. The third-order valence-electron chi connectivity index (χ3n) is 5.32. The van der Waals surface area contributed by atoms with E-state index in [0.29, 0.717) is 6.20 Å². The number of aromatic nitrogens is 2. The van der Waals surface area contributed by atoms with Crippen molar-refractivity contribution in [3.8, 4) is 5.88 Å². The Balaban J connectivity index is 0.00000106. The van der Waals surface area contributed by atoms with E-state index in [1.165, 1.54) is 19.2 Å². The number of pyridine rings is 2. The quantitative estimate of drug-likeness (QED) is 0.339. The molecule has 0 bridgehead atoms. The molecule has 2 aromatic rings. The highest BCUT2D eigenvalue weighted by Crippen LogP contribution is 2.36. The molecule has 0 aliphatic carbocycles. The largest absolute Gasteiger partial charge is 0.481 e. The van der Waals surface area contributed by atoms with E-state index in [9.17, 15) is 26.7 Å². The Labute approximate surface area is 203 Å². The number of hydrogen-bond acceptors (Lipinski definition) is 8. The van der Waals surface area contributed by atoms with Crippen molar-refractivity contribution in [3.63, 3.8) is 0 Å². The number of methoxy groups -OCH3 is 1. The molecule has 2 aromatic heterocycles. The number of nitrogens with two attached hydrogens (primary N) is 1. The summed E-state index contributed by atoms with van der Waals surface area (Å²) in [5.74, 6) is -4.32. The Kier molecular flexibility index (Phi) is 9.25. The number of alkyl halides is 5. The zero-order chi connectivity index (χ0) is 27.1. The van der Waals surface area contributed by atoms with Crippen LogP contribution < -0.4 is 15.8 Å². The van der Waals surface area contributed by atoms with Crippen LogP contribution in [0.4, 0.5) is 33.5 Å². The summed E-state index contributed by atoms with van der Waals surface area (Å²) < 4.78 is 71.7. The highest BCUT2D eigenvalue weighted by molar-refractivity contribution is 6.12. The van der Waals surface area contributed by atoms with Gasteiger partial charge in [0.15, 0.2) is 5.69 Å². The lowest BCUT2D eigenvalue weighted by Crippen LogP contribution is -2.57. The molecule has 0 aromatic carbocycles. The number of carbonyl (C=O) groups is 1. The lowest BCUT2D eigenvalue weighted by Gasteiger charge is -2.43. The molecule has 9 nitrogen and oxygen atoms in total. The van der Waals surface area contributed by atoms with E-state index in [-0.39, 0.29) is 29.6 Å². The van der Waals surface area contributed by atoms with Crippen LogP contribution in [0.15, 0.2) is 30.5 Å². The maximum absolute atomic E-state index is 14.3. The van der Waals surface area contributed by atoms with Crippen molar-refractivity contribution >= 4 is 29.8 Å². The van der Waals surface area contributed by atoms with Gasteiger partial charge in [-0.25, -0.2) is 18.7 Å². The van der Waals surface area contributed by atoms with Gasteiger partial charge in [0.2, 0.25) is 5.88 Å². The Morgan fingerprint density at radius 2 is 1.94 bits per heavy atom. The number of amides is 1. The molecule has 2 atom stereocenters. The molecule has 0 spiro atoms. The Hall–Kier alpha value is -3.84. The lowest BCUT2D eigenvalue weighted by molar-refractivity contribution is -0.137. The maximum atomic E-state index is 14.3. The van der Waals surface area contributed by atoms with Gasteiger partial charge in [0, 0.05) is 37.7 Å². The zero-order valence-electron chi connectivity index (χ0n) is 19.4. The van der Waals surface area contributed by atoms with Crippen molar-refractivity contribution < 1.29 is 31.5 Å². The Bertz CT molecular complexity index is 1060. The van der Waals surface area contributed by atoms with E-state index in [1.807, 2.05) is 0 Å². The van der Waals surface area contributed by atoms with Gasteiger partial charge in [-0.1, -0.05) is 6.92 Å². The number of likely N-dealkylation sites (tertiary alicyclic amines) is 1. The minimum absolute atomic E-state index is 0.00783. The van der Waals surface area contributed by atoms with Crippen molar-refractivity contribution in [2.75, 3.05) is 31.2 Å². The maximum Gasteiger partial charge on any atom is 0.417 e. The summed E-state index contributed by atoms with van der Waals surface area (Å²) in [6, 6.07) is 4.12. The second kappa shape index (κ2) is 11.7. The van der Waals surface area contributed by atoms with Crippen molar-refractivity contribution in [2.24, 2.45) is 5.92 Å². The summed E-state index contributed by atoms with van der Waals surface area (Å²) in [4.78, 5) is 21.8. The number of nitrogens with one attached hydrogen (secondary N) is 3. The first-order valence-corrected chi connectivity index (χ1v) is 10.6. The van der Waals surface area contributed by atoms with Crippen molar-refractivity contribution in [2.45, 2.75) is 31.5 Å². The van der Waals surface area contributed by atoms with Crippen LogP contribution >= 0.6 is 0 Å². The summed E-state index contributed by atoms with van der Waals surface area (Å²) in [5.41, 5.74) is 4.72. The van der Waals surface area contributed by atoms with Gasteiger partial charge < -0.3 is 31.5 Å². The first-order valence-electron chi connectivity index (χ1n) is 10.6. The molecule has 196 valence electrons. The molecule has 3 rings (SSSR count). The summed E-state index contributed by atoms with van der Waals surface area (Å²) in [6.07, 6.45) is -2.48. The number of anilines is 2. The fourth-order valence-corrected chi connectivity index (χ4v) is 3.63. The van der Waals surface area contributed by atoms with Crippen LogP contribution in [0.5, 0.6) is 5.88 Å². The highest BCUT2D eigenvalue weighted by Gasteiger charge is 2.46. The SMILES string of the molecule is COc1ccc(N)c(C(=O)N2CC(F)(F)CC(C)C2CNc2ccc(C(F)(F)F)cn2)n1.N=CC=N. The average molecular weight is 515 g/mol. The number of ether oxygens (including phenoxy) is 1. The number of hydrogen-bond donors (Lipinski definition) is 4. The fraction of sp³-hybridized carbons (Fsp3) is 0.409. The average Bonchev–Trinajstić information content (AvgIpc) is 2.82. The lowest BCUT2D eigenvalue weighted by atomic mass is 9.88. The molecule has 1 aliphatic heterocycles. The van der Waals surface area contributed by atoms with Gasteiger partial charge in [0.1, 0.15) is 5.82 Å². The van der Waals surface area contributed by atoms with E-state index in [0.717, 1.165) is 29.5 Å². The molecule has 14 heteroatoms. The van der Waals surface area contributed by atoms with E-state index >= 15 is 0 Å². The monoisotopic (exact) mass is 515 g/mol. The smallest absolute Gasteiger partial charge is 0.417 e. The number of carbonyl (C=O) groups excluding carboxylic acids is 1. The second-order valence-electron chi connectivity index (χ2n) is 7.97. The molecular formula is C22H26F5N7O2. The second-order valence-corrected chi connectivity index (χ2v) is 7.97. The molecule has 0 radical (unpaired) electrons. The van der Waals surface area contributed by atoms with Crippen LogP contribution in [0, 0.1) is 16.7 Å². The van der Waals surface area contributed by atoms with Crippen LogP contribution in [0.1, 0.15) is 29.4 Å². The zero-order valence-corrected chi connectivity index (χ0v) is 19.4. The number of nitrogen functional groups attached to an aromatic ring is 1. The molecule has 0 saturated carbocycles. The summed E-state index contributed by atoms with van der Waals surface area (Å²) in [7, 11) is 1.34. The molecule has 5 N–H and O–H groups in total. The van der Waals surface area contributed by atoms with Gasteiger partial charge in [-0.05, 0) is 24.1 Å². The Morgan fingerprint density at radius 3 is 2.47 bits per heavy atom. The van der Waals surface area contributed by atoms with Gasteiger partial charge in [-0.2, -0.15) is 13.2 Å². The predicted molar refractivity (Wildman–Crippen MR) is 124 cm³/mol. The third-order valence-corrected chi connectivity index (χ3v) is 5.32. The normalized spacial score (nSPS) is 18.9. The Morgan fingerprint density at radius 1 is 1.28 bits per heavy atom. The van der Waals surface area contributed by atoms with Crippen LogP contribution in [0.3, 0.4) is 0 Å². The van der Waals surface area contributed by atoms with Gasteiger partial charge in [0.25, 0.3) is 11.8 Å². The molecule has 36 heavy (non-hydrogen) atoms. The molecule has 1 aliphatic rings. The van der Waals surface area contributed by atoms with E-state index in [2.05, 4.69) is 15.3 Å². The van der Waals surface area contributed by atoms with Crippen molar-refractivity contribution in [1.29, 1.82) is 10.8 Å². The van der Waals surface area contributed by atoms with Crippen LogP contribution in [0.25, 0.3) is 0 Å². The number of nitrogens with zero attached hydrogens (tertiary/aromatic N) is 3. The minimum atomic E-state index is -4.53. The predicted octanol–water partition coefficient (Wildman–Crippen LogP) is 3.97. The molecule has 1 saturated heterocycles. The van der Waals surface area contributed by atoms with Gasteiger partial charge in [-0.3, -0.25) is 4.79 Å². The van der Waals surface area contributed by atoms with Gasteiger partial charge in [-0.15, -0.1) is 0 Å². The van der Waals surface area contributed by atoms with Crippen molar-refractivity contribution in [3.05, 3.63) is 41.7 Å². The van der Waals surface area contributed by atoms with Gasteiger partial charge >= 0.3 is 6.18 Å². The van der Waals surface area contributed by atoms with E-state index in [4.69, 9.17) is 21.3 Å². The fourth-order valence-electron chi connectivity index (χ4n) is 3.63. The first kappa shape index (κ1) is 28.4.